The van der Waals surface area contributed by atoms with Crippen LogP contribution in [0.5, 0.6) is 0 Å². The standard InChI is InChI=1S/C22H24N2O3S/c1-3-27-21(26)16(2)28-22-23-19-14-8-7-13-18(19)20(25)24(22)15-9-12-17-10-5-4-6-11-17/h4-8,10-11,13-14,16H,3,9,12,15H2,1-2H3. The van der Waals surface area contributed by atoms with Crippen LogP contribution < -0.4 is 5.56 Å². The minimum absolute atomic E-state index is 0.0720. The van der Waals surface area contributed by atoms with E-state index in [0.29, 0.717) is 29.2 Å². The Morgan fingerprint density at radius 3 is 2.61 bits per heavy atom. The Labute approximate surface area is 168 Å². The zero-order valence-electron chi connectivity index (χ0n) is 16.1. The number of fused-ring (bicyclic) bond motifs is 1. The van der Waals surface area contributed by atoms with Crippen LogP contribution in [0.4, 0.5) is 0 Å². The second-order valence-corrected chi connectivity index (χ2v) is 7.78. The van der Waals surface area contributed by atoms with E-state index >= 15 is 0 Å². The molecule has 0 saturated carbocycles. The lowest BCUT2D eigenvalue weighted by molar-refractivity contribution is -0.142. The van der Waals surface area contributed by atoms with Gasteiger partial charge in [0.2, 0.25) is 0 Å². The molecule has 3 rings (SSSR count). The van der Waals surface area contributed by atoms with Crippen molar-refractivity contribution in [1.82, 2.24) is 9.55 Å². The number of rotatable bonds is 8. The molecule has 3 aromatic rings. The second kappa shape index (κ2) is 9.55. The predicted octanol–water partition coefficient (Wildman–Crippen LogP) is 4.07. The number of carbonyl (C=O) groups excluding carboxylic acids is 1. The summed E-state index contributed by atoms with van der Waals surface area (Å²) in [7, 11) is 0. The van der Waals surface area contributed by atoms with Crippen molar-refractivity contribution in [2.45, 2.75) is 43.6 Å². The molecule has 28 heavy (non-hydrogen) atoms. The molecule has 0 bridgehead atoms. The molecule has 0 radical (unpaired) electrons. The molecule has 0 spiro atoms. The highest BCUT2D eigenvalue weighted by atomic mass is 32.2. The predicted molar refractivity (Wildman–Crippen MR) is 113 cm³/mol. The molecule has 0 aliphatic heterocycles. The third kappa shape index (κ3) is 4.81. The number of nitrogens with zero attached hydrogens (tertiary/aromatic N) is 2. The lowest BCUT2D eigenvalue weighted by atomic mass is 10.1. The van der Waals surface area contributed by atoms with E-state index in [2.05, 4.69) is 17.1 Å². The molecule has 6 heteroatoms. The van der Waals surface area contributed by atoms with Crippen LogP contribution in [0.25, 0.3) is 10.9 Å². The minimum Gasteiger partial charge on any atom is -0.465 e. The third-order valence-electron chi connectivity index (χ3n) is 4.42. The molecule has 1 heterocycles. The summed E-state index contributed by atoms with van der Waals surface area (Å²) in [6.07, 6.45) is 1.68. The molecule has 1 atom stereocenters. The highest BCUT2D eigenvalue weighted by molar-refractivity contribution is 8.00. The number of hydrogen-bond acceptors (Lipinski definition) is 5. The maximum Gasteiger partial charge on any atom is 0.319 e. The molecule has 1 unspecified atom stereocenters. The number of para-hydroxylation sites is 1. The van der Waals surface area contributed by atoms with Crippen LogP contribution in [0.1, 0.15) is 25.8 Å². The highest BCUT2D eigenvalue weighted by Gasteiger charge is 2.20. The van der Waals surface area contributed by atoms with Crippen LogP contribution >= 0.6 is 11.8 Å². The SMILES string of the molecule is CCOC(=O)C(C)Sc1nc2ccccc2c(=O)n1CCCc1ccccc1. The Hall–Kier alpha value is -2.60. The van der Waals surface area contributed by atoms with Gasteiger partial charge in [-0.25, -0.2) is 4.98 Å². The first kappa shape index (κ1) is 20.1. The zero-order valence-corrected chi connectivity index (χ0v) is 16.9. The fraction of sp³-hybridized carbons (Fsp3) is 0.318. The molecule has 5 nitrogen and oxygen atoms in total. The number of aryl methyl sites for hydroxylation is 1. The van der Waals surface area contributed by atoms with E-state index < -0.39 is 5.25 Å². The van der Waals surface area contributed by atoms with Crippen LogP contribution in [-0.2, 0) is 22.5 Å². The summed E-state index contributed by atoms with van der Waals surface area (Å²) in [5, 5.41) is 0.709. The van der Waals surface area contributed by atoms with E-state index in [0.717, 1.165) is 12.8 Å². The smallest absolute Gasteiger partial charge is 0.319 e. The van der Waals surface area contributed by atoms with Crippen molar-refractivity contribution in [2.75, 3.05) is 6.61 Å². The van der Waals surface area contributed by atoms with Crippen molar-refractivity contribution in [3.63, 3.8) is 0 Å². The molecule has 0 N–H and O–H groups in total. The van der Waals surface area contributed by atoms with Gasteiger partial charge in [-0.3, -0.25) is 14.2 Å². The van der Waals surface area contributed by atoms with Crippen molar-refractivity contribution in [3.8, 4) is 0 Å². The Morgan fingerprint density at radius 2 is 1.86 bits per heavy atom. The van der Waals surface area contributed by atoms with E-state index in [1.807, 2.05) is 36.4 Å². The van der Waals surface area contributed by atoms with Gasteiger partial charge in [-0.05, 0) is 44.4 Å². The van der Waals surface area contributed by atoms with Crippen LogP contribution in [0.2, 0.25) is 0 Å². The minimum atomic E-state index is -0.437. The molecule has 1 aromatic heterocycles. The molecular weight excluding hydrogens is 372 g/mol. The lowest BCUT2D eigenvalue weighted by Crippen LogP contribution is -2.26. The molecular formula is C22H24N2O3S. The first-order valence-electron chi connectivity index (χ1n) is 9.47. The van der Waals surface area contributed by atoms with Gasteiger partial charge in [-0.15, -0.1) is 0 Å². The van der Waals surface area contributed by atoms with E-state index in [9.17, 15) is 9.59 Å². The van der Waals surface area contributed by atoms with Crippen LogP contribution in [0.3, 0.4) is 0 Å². The molecule has 0 aliphatic rings. The van der Waals surface area contributed by atoms with Crippen molar-refractivity contribution in [1.29, 1.82) is 0 Å². The number of thioether (sulfide) groups is 1. The van der Waals surface area contributed by atoms with Crippen molar-refractivity contribution in [2.24, 2.45) is 0 Å². The normalized spacial score (nSPS) is 12.1. The van der Waals surface area contributed by atoms with Gasteiger partial charge in [0, 0.05) is 6.54 Å². The summed E-state index contributed by atoms with van der Waals surface area (Å²) < 4.78 is 6.78. The molecule has 0 saturated heterocycles. The molecule has 0 aliphatic carbocycles. The zero-order chi connectivity index (χ0) is 19.9. The van der Waals surface area contributed by atoms with Gasteiger partial charge < -0.3 is 4.74 Å². The van der Waals surface area contributed by atoms with Crippen molar-refractivity contribution in [3.05, 3.63) is 70.5 Å². The van der Waals surface area contributed by atoms with E-state index in [1.165, 1.54) is 17.3 Å². The molecule has 146 valence electrons. The summed E-state index contributed by atoms with van der Waals surface area (Å²) in [4.78, 5) is 29.8. The van der Waals surface area contributed by atoms with Crippen LogP contribution in [0, 0.1) is 0 Å². The Morgan fingerprint density at radius 1 is 1.14 bits per heavy atom. The lowest BCUT2D eigenvalue weighted by Gasteiger charge is -2.15. The van der Waals surface area contributed by atoms with Crippen molar-refractivity contribution >= 4 is 28.6 Å². The van der Waals surface area contributed by atoms with Gasteiger partial charge in [-0.2, -0.15) is 0 Å². The maximum absolute atomic E-state index is 13.1. The summed E-state index contributed by atoms with van der Waals surface area (Å²) in [5.41, 5.74) is 1.81. The third-order valence-corrected chi connectivity index (χ3v) is 5.49. The monoisotopic (exact) mass is 396 g/mol. The average Bonchev–Trinajstić information content (AvgIpc) is 2.71. The van der Waals surface area contributed by atoms with Gasteiger partial charge in [-0.1, -0.05) is 54.2 Å². The topological polar surface area (TPSA) is 61.2 Å². The molecule has 2 aromatic carbocycles. The van der Waals surface area contributed by atoms with Gasteiger partial charge in [0.15, 0.2) is 5.16 Å². The van der Waals surface area contributed by atoms with E-state index in [4.69, 9.17) is 4.74 Å². The number of esters is 1. The number of carbonyl (C=O) groups is 1. The Bertz CT molecular complexity index is 1000. The summed E-state index contributed by atoms with van der Waals surface area (Å²) >= 11 is 1.27. The Kier molecular flexibility index (Phi) is 6.87. The van der Waals surface area contributed by atoms with Gasteiger partial charge in [0.05, 0.1) is 17.5 Å². The van der Waals surface area contributed by atoms with Gasteiger partial charge in [0.25, 0.3) is 5.56 Å². The Balaban J connectivity index is 1.88. The van der Waals surface area contributed by atoms with Gasteiger partial charge >= 0.3 is 5.97 Å². The second-order valence-electron chi connectivity index (χ2n) is 6.47. The number of hydrogen-bond donors (Lipinski definition) is 0. The first-order chi connectivity index (χ1) is 13.6. The van der Waals surface area contributed by atoms with Gasteiger partial charge in [0.1, 0.15) is 5.25 Å². The van der Waals surface area contributed by atoms with E-state index in [1.54, 1.807) is 24.5 Å². The maximum atomic E-state index is 13.1. The fourth-order valence-corrected chi connectivity index (χ4v) is 3.92. The first-order valence-corrected chi connectivity index (χ1v) is 10.3. The summed E-state index contributed by atoms with van der Waals surface area (Å²) in [6.45, 7) is 4.43. The van der Waals surface area contributed by atoms with E-state index in [-0.39, 0.29) is 11.5 Å². The fourth-order valence-electron chi connectivity index (χ4n) is 2.99. The largest absolute Gasteiger partial charge is 0.465 e. The number of aromatic nitrogens is 2. The molecule has 0 fully saturated rings. The molecule has 0 amide bonds. The summed E-state index contributed by atoms with van der Waals surface area (Å²) in [6, 6.07) is 17.5. The average molecular weight is 397 g/mol. The summed E-state index contributed by atoms with van der Waals surface area (Å²) in [5.74, 6) is -0.300. The van der Waals surface area contributed by atoms with Crippen molar-refractivity contribution < 1.29 is 9.53 Å². The number of benzene rings is 2. The van der Waals surface area contributed by atoms with Crippen LogP contribution in [0.15, 0.2) is 64.5 Å². The van der Waals surface area contributed by atoms with Crippen LogP contribution in [-0.4, -0.2) is 27.4 Å². The number of ether oxygens (including phenoxy) is 1. The quantitative estimate of drug-likeness (QED) is 0.326. The highest BCUT2D eigenvalue weighted by Crippen LogP contribution is 2.23.